The van der Waals surface area contributed by atoms with Crippen LogP contribution in [-0.4, -0.2) is 35.7 Å². The third-order valence-corrected chi connectivity index (χ3v) is 5.77. The lowest BCUT2D eigenvalue weighted by atomic mass is 10.1. The van der Waals surface area contributed by atoms with Crippen molar-refractivity contribution in [1.82, 2.24) is 15.1 Å². The zero-order chi connectivity index (χ0) is 16.4. The molecule has 2 heterocycles. The molecule has 3 rings (SSSR count). The van der Waals surface area contributed by atoms with E-state index < -0.39 is 9.84 Å². The van der Waals surface area contributed by atoms with Crippen LogP contribution in [0.5, 0.6) is 0 Å². The van der Waals surface area contributed by atoms with Crippen LogP contribution in [0.3, 0.4) is 0 Å². The fourth-order valence-electron chi connectivity index (χ4n) is 2.82. The number of rotatable bonds is 4. The summed E-state index contributed by atoms with van der Waals surface area (Å²) in [5.74, 6) is 0.472. The molecule has 0 amide bonds. The quantitative estimate of drug-likeness (QED) is 0.911. The summed E-state index contributed by atoms with van der Waals surface area (Å²) >= 11 is 0. The molecular formula is C16H18N4O2S. The van der Waals surface area contributed by atoms with Crippen molar-refractivity contribution in [3.8, 4) is 17.3 Å². The molecule has 1 aromatic carbocycles. The second-order valence-corrected chi connectivity index (χ2v) is 8.08. The summed E-state index contributed by atoms with van der Waals surface area (Å²) in [5, 5.41) is 16.7. The first kappa shape index (κ1) is 15.7. The second-order valence-electron chi connectivity index (χ2n) is 5.85. The van der Waals surface area contributed by atoms with E-state index in [1.165, 1.54) is 0 Å². The Morgan fingerprint density at radius 2 is 2.13 bits per heavy atom. The highest BCUT2D eigenvalue weighted by Crippen LogP contribution is 2.23. The predicted molar refractivity (Wildman–Crippen MR) is 87.3 cm³/mol. The number of hydrogen-bond acceptors (Lipinski definition) is 5. The van der Waals surface area contributed by atoms with E-state index in [0.717, 1.165) is 16.8 Å². The number of aryl methyl sites for hydroxylation is 1. The van der Waals surface area contributed by atoms with Crippen molar-refractivity contribution in [2.45, 2.75) is 19.0 Å². The lowest BCUT2D eigenvalue weighted by Crippen LogP contribution is -2.29. The van der Waals surface area contributed by atoms with Crippen molar-refractivity contribution < 1.29 is 8.42 Å². The minimum Gasteiger partial charge on any atom is -0.309 e. The molecule has 0 spiro atoms. The fourth-order valence-corrected chi connectivity index (χ4v) is 4.53. The van der Waals surface area contributed by atoms with E-state index in [2.05, 4.69) is 16.5 Å². The normalized spacial score (nSPS) is 19.6. The summed E-state index contributed by atoms with van der Waals surface area (Å²) in [6.07, 6.45) is 2.60. The Morgan fingerprint density at radius 3 is 2.74 bits per heavy atom. The third kappa shape index (κ3) is 3.60. The van der Waals surface area contributed by atoms with Crippen molar-refractivity contribution in [1.29, 1.82) is 5.26 Å². The Bertz CT molecular complexity index is 847. The van der Waals surface area contributed by atoms with Gasteiger partial charge in [0.25, 0.3) is 0 Å². The van der Waals surface area contributed by atoms with Gasteiger partial charge in [0.05, 0.1) is 28.8 Å². The molecule has 23 heavy (non-hydrogen) atoms. The summed E-state index contributed by atoms with van der Waals surface area (Å²) in [4.78, 5) is 0. The van der Waals surface area contributed by atoms with E-state index in [1.54, 1.807) is 16.8 Å². The minimum atomic E-state index is -2.88. The van der Waals surface area contributed by atoms with Crippen LogP contribution in [0.4, 0.5) is 0 Å². The smallest absolute Gasteiger partial charge is 0.151 e. The average Bonchev–Trinajstić information content (AvgIpc) is 3.07. The highest BCUT2D eigenvalue weighted by atomic mass is 32.2. The predicted octanol–water partition coefficient (Wildman–Crippen LogP) is 1.24. The largest absolute Gasteiger partial charge is 0.309 e. The van der Waals surface area contributed by atoms with E-state index in [1.807, 2.05) is 25.4 Å². The van der Waals surface area contributed by atoms with Gasteiger partial charge in [-0.15, -0.1) is 0 Å². The van der Waals surface area contributed by atoms with Crippen LogP contribution in [-0.2, 0) is 23.4 Å². The minimum absolute atomic E-state index is 0.00835. The molecule has 2 aromatic rings. The van der Waals surface area contributed by atoms with Gasteiger partial charge in [0.15, 0.2) is 9.84 Å². The van der Waals surface area contributed by atoms with E-state index in [4.69, 9.17) is 5.26 Å². The monoisotopic (exact) mass is 330 g/mol. The van der Waals surface area contributed by atoms with Gasteiger partial charge in [0.2, 0.25) is 0 Å². The molecule has 0 radical (unpaired) electrons. The fraction of sp³-hybridized carbons (Fsp3) is 0.375. The first-order valence-electron chi connectivity index (χ1n) is 7.44. The highest BCUT2D eigenvalue weighted by molar-refractivity contribution is 7.91. The zero-order valence-corrected chi connectivity index (χ0v) is 13.7. The molecule has 1 aliphatic rings. The molecule has 1 aliphatic heterocycles. The Balaban J connectivity index is 1.76. The maximum Gasteiger partial charge on any atom is 0.151 e. The number of nitrogens with one attached hydrogen (secondary N) is 1. The van der Waals surface area contributed by atoms with Crippen LogP contribution in [0.1, 0.15) is 17.5 Å². The lowest BCUT2D eigenvalue weighted by Gasteiger charge is -2.10. The maximum absolute atomic E-state index is 11.5. The van der Waals surface area contributed by atoms with Gasteiger partial charge in [0, 0.05) is 37.0 Å². The number of benzene rings is 1. The molecule has 7 heteroatoms. The van der Waals surface area contributed by atoms with Gasteiger partial charge in [-0.3, -0.25) is 4.68 Å². The van der Waals surface area contributed by atoms with Gasteiger partial charge < -0.3 is 5.32 Å². The molecule has 1 atom stereocenters. The van der Waals surface area contributed by atoms with Crippen molar-refractivity contribution >= 4 is 9.84 Å². The van der Waals surface area contributed by atoms with Crippen LogP contribution in [0, 0.1) is 11.3 Å². The van der Waals surface area contributed by atoms with E-state index in [-0.39, 0.29) is 17.5 Å². The van der Waals surface area contributed by atoms with Gasteiger partial charge in [-0.2, -0.15) is 10.4 Å². The number of sulfone groups is 1. The van der Waals surface area contributed by atoms with Crippen molar-refractivity contribution in [3.05, 3.63) is 41.6 Å². The summed E-state index contributed by atoms with van der Waals surface area (Å²) in [6.45, 7) is 0.573. The van der Waals surface area contributed by atoms with Crippen LogP contribution in [0.2, 0.25) is 0 Å². The summed E-state index contributed by atoms with van der Waals surface area (Å²) < 4.78 is 24.8. The van der Waals surface area contributed by atoms with Crippen LogP contribution < -0.4 is 5.32 Å². The molecule has 1 fully saturated rings. The molecule has 1 unspecified atom stereocenters. The Morgan fingerprint density at radius 1 is 1.39 bits per heavy atom. The average molecular weight is 330 g/mol. The summed E-state index contributed by atoms with van der Waals surface area (Å²) in [6, 6.07) is 9.40. The van der Waals surface area contributed by atoms with Gasteiger partial charge in [-0.25, -0.2) is 8.42 Å². The first-order valence-corrected chi connectivity index (χ1v) is 9.26. The Kier molecular flexibility index (Phi) is 4.20. The van der Waals surface area contributed by atoms with Crippen LogP contribution in [0.25, 0.3) is 11.3 Å². The molecule has 1 aromatic heterocycles. The number of nitrogens with zero attached hydrogens (tertiary/aromatic N) is 3. The van der Waals surface area contributed by atoms with Crippen molar-refractivity contribution in [2.24, 2.45) is 7.05 Å². The molecular weight excluding hydrogens is 312 g/mol. The van der Waals surface area contributed by atoms with Crippen LogP contribution in [0.15, 0.2) is 30.5 Å². The zero-order valence-electron chi connectivity index (χ0n) is 12.9. The maximum atomic E-state index is 11.5. The standard InChI is InChI=1S/C16H18N4O2S/c1-20-10-14(9-18-15-6-7-23(21,22)11-15)16(19-20)13-4-2-12(8-17)3-5-13/h2-5,10,15,18H,6-7,9,11H2,1H3. The van der Waals surface area contributed by atoms with E-state index in [9.17, 15) is 8.42 Å². The van der Waals surface area contributed by atoms with Crippen molar-refractivity contribution in [2.75, 3.05) is 11.5 Å². The Labute approximate surface area is 135 Å². The SMILES string of the molecule is Cn1cc(CNC2CCS(=O)(=O)C2)c(-c2ccc(C#N)cc2)n1. The summed E-state index contributed by atoms with van der Waals surface area (Å²) in [5.41, 5.74) is 3.42. The molecule has 0 bridgehead atoms. The van der Waals surface area contributed by atoms with Gasteiger partial charge >= 0.3 is 0 Å². The molecule has 0 aliphatic carbocycles. The first-order chi connectivity index (χ1) is 11.0. The molecule has 120 valence electrons. The molecule has 1 N–H and O–H groups in total. The number of aromatic nitrogens is 2. The number of nitriles is 1. The second kappa shape index (κ2) is 6.14. The number of hydrogen-bond donors (Lipinski definition) is 1. The topological polar surface area (TPSA) is 87.8 Å². The highest BCUT2D eigenvalue weighted by Gasteiger charge is 2.27. The van der Waals surface area contributed by atoms with Gasteiger partial charge in [-0.1, -0.05) is 12.1 Å². The lowest BCUT2D eigenvalue weighted by molar-refractivity contribution is 0.554. The summed E-state index contributed by atoms with van der Waals surface area (Å²) in [7, 11) is -1.02. The Hall–Kier alpha value is -2.17. The van der Waals surface area contributed by atoms with Crippen LogP contribution >= 0.6 is 0 Å². The van der Waals surface area contributed by atoms with E-state index in [0.29, 0.717) is 18.5 Å². The van der Waals surface area contributed by atoms with Gasteiger partial charge in [0.1, 0.15) is 0 Å². The van der Waals surface area contributed by atoms with E-state index >= 15 is 0 Å². The third-order valence-electron chi connectivity index (χ3n) is 4.01. The molecule has 6 nitrogen and oxygen atoms in total. The molecule has 0 saturated carbocycles. The van der Waals surface area contributed by atoms with Gasteiger partial charge in [-0.05, 0) is 18.6 Å². The molecule has 1 saturated heterocycles. The van der Waals surface area contributed by atoms with Crippen molar-refractivity contribution in [3.63, 3.8) is 0 Å².